The molecule has 0 radical (unpaired) electrons. The molecule has 1 heterocycles. The Labute approximate surface area is 155 Å². The Balaban J connectivity index is 1.96. The van der Waals surface area contributed by atoms with Crippen LogP contribution < -0.4 is 0 Å². The third-order valence-electron chi connectivity index (χ3n) is 3.89. The average molecular weight is 361 g/mol. The summed E-state index contributed by atoms with van der Waals surface area (Å²) in [6.07, 6.45) is 1.70. The van der Waals surface area contributed by atoms with Gasteiger partial charge in [0.25, 0.3) is 5.69 Å². The van der Waals surface area contributed by atoms with Crippen LogP contribution in [-0.2, 0) is 0 Å². The molecule has 0 aliphatic heterocycles. The van der Waals surface area contributed by atoms with Crippen LogP contribution in [0.5, 0.6) is 0 Å². The molecule has 0 amide bonds. The maximum Gasteiger partial charge on any atom is 0.269 e. The van der Waals surface area contributed by atoms with E-state index in [1.165, 1.54) is 29.0 Å². The molecule has 5 nitrogen and oxygen atoms in total. The van der Waals surface area contributed by atoms with Gasteiger partial charge in [0.15, 0.2) is 0 Å². The molecule has 6 heteroatoms. The number of aryl methyl sites for hydroxylation is 2. The lowest BCUT2D eigenvalue weighted by atomic mass is 10.1. The zero-order valence-electron chi connectivity index (χ0n) is 14.3. The summed E-state index contributed by atoms with van der Waals surface area (Å²) >= 11 is 1.46. The van der Waals surface area contributed by atoms with Gasteiger partial charge in [-0.2, -0.15) is 5.26 Å². The Morgan fingerprint density at radius 3 is 2.38 bits per heavy atom. The molecule has 26 heavy (non-hydrogen) atoms. The van der Waals surface area contributed by atoms with Crippen molar-refractivity contribution in [2.45, 2.75) is 13.8 Å². The number of non-ortho nitro benzene ring substituents is 1. The summed E-state index contributed by atoms with van der Waals surface area (Å²) in [6.45, 7) is 4.01. The van der Waals surface area contributed by atoms with E-state index in [2.05, 4.69) is 11.1 Å². The highest BCUT2D eigenvalue weighted by atomic mass is 32.1. The van der Waals surface area contributed by atoms with Gasteiger partial charge in [0.2, 0.25) is 0 Å². The molecule has 128 valence electrons. The predicted molar refractivity (Wildman–Crippen MR) is 104 cm³/mol. The first-order valence-electron chi connectivity index (χ1n) is 7.89. The van der Waals surface area contributed by atoms with Crippen molar-refractivity contribution in [3.05, 3.63) is 79.7 Å². The highest BCUT2D eigenvalue weighted by Gasteiger charge is 2.13. The molecule has 0 aliphatic carbocycles. The van der Waals surface area contributed by atoms with Crippen LogP contribution in [0.25, 0.3) is 22.9 Å². The fourth-order valence-electron chi connectivity index (χ4n) is 2.49. The van der Waals surface area contributed by atoms with Crippen LogP contribution in [-0.4, -0.2) is 9.91 Å². The molecule has 0 fully saturated rings. The van der Waals surface area contributed by atoms with E-state index >= 15 is 0 Å². The van der Waals surface area contributed by atoms with Crippen LogP contribution in [0.4, 0.5) is 5.69 Å². The summed E-state index contributed by atoms with van der Waals surface area (Å²) in [5.74, 6) is 0. The predicted octanol–water partition coefficient (Wildman–Crippen LogP) is 5.40. The number of thiazole rings is 1. The molecule has 2 aromatic carbocycles. The van der Waals surface area contributed by atoms with Crippen molar-refractivity contribution >= 4 is 28.7 Å². The zero-order chi connectivity index (χ0) is 18.7. The van der Waals surface area contributed by atoms with Gasteiger partial charge in [-0.3, -0.25) is 10.1 Å². The number of nitro groups is 1. The smallest absolute Gasteiger partial charge is 0.258 e. The summed E-state index contributed by atoms with van der Waals surface area (Å²) < 4.78 is 0. The SMILES string of the molecule is Cc1ccc(-c2nc(/C(C#N)=C/c3ccc([N+](=O)[O-])cc3)sc2C)cc1. The number of hydrogen-bond acceptors (Lipinski definition) is 5. The minimum Gasteiger partial charge on any atom is -0.258 e. The molecule has 0 atom stereocenters. The van der Waals surface area contributed by atoms with Crippen molar-refractivity contribution in [1.29, 1.82) is 5.26 Å². The van der Waals surface area contributed by atoms with E-state index in [0.29, 0.717) is 10.6 Å². The average Bonchev–Trinajstić information content (AvgIpc) is 3.02. The van der Waals surface area contributed by atoms with E-state index in [4.69, 9.17) is 0 Å². The first-order valence-corrected chi connectivity index (χ1v) is 8.70. The lowest BCUT2D eigenvalue weighted by Crippen LogP contribution is -1.87. The minimum atomic E-state index is -0.448. The second-order valence-corrected chi connectivity index (χ2v) is 7.01. The lowest BCUT2D eigenvalue weighted by Gasteiger charge is -1.99. The van der Waals surface area contributed by atoms with E-state index in [1.54, 1.807) is 18.2 Å². The van der Waals surface area contributed by atoms with Gasteiger partial charge in [0.1, 0.15) is 11.1 Å². The van der Waals surface area contributed by atoms with Gasteiger partial charge >= 0.3 is 0 Å². The van der Waals surface area contributed by atoms with Gasteiger partial charge in [-0.05, 0) is 37.6 Å². The largest absolute Gasteiger partial charge is 0.269 e. The fourth-order valence-corrected chi connectivity index (χ4v) is 3.39. The van der Waals surface area contributed by atoms with Crippen LogP contribution in [0.3, 0.4) is 0 Å². The molecule has 1 aromatic heterocycles. The molecule has 3 rings (SSSR count). The van der Waals surface area contributed by atoms with E-state index in [-0.39, 0.29) is 5.69 Å². The Morgan fingerprint density at radius 1 is 1.15 bits per heavy atom. The number of aromatic nitrogens is 1. The van der Waals surface area contributed by atoms with Gasteiger partial charge in [0.05, 0.1) is 16.2 Å². The van der Waals surface area contributed by atoms with Crippen molar-refractivity contribution in [3.63, 3.8) is 0 Å². The molecule has 0 saturated carbocycles. The molecule has 0 bridgehead atoms. The summed E-state index contributed by atoms with van der Waals surface area (Å²) in [5.41, 5.74) is 4.24. The number of nitro benzene ring substituents is 1. The number of allylic oxidation sites excluding steroid dienone is 1. The zero-order valence-corrected chi connectivity index (χ0v) is 15.1. The molecule has 0 spiro atoms. The molecule has 0 unspecified atom stereocenters. The Hall–Kier alpha value is -3.30. The molecule has 0 N–H and O–H groups in total. The van der Waals surface area contributed by atoms with E-state index in [0.717, 1.165) is 21.7 Å². The van der Waals surface area contributed by atoms with Gasteiger partial charge in [-0.25, -0.2) is 4.98 Å². The topological polar surface area (TPSA) is 79.8 Å². The van der Waals surface area contributed by atoms with Gasteiger partial charge in [-0.1, -0.05) is 29.8 Å². The van der Waals surface area contributed by atoms with Crippen LogP contribution in [0.2, 0.25) is 0 Å². The van der Waals surface area contributed by atoms with Gasteiger partial charge in [-0.15, -0.1) is 11.3 Å². The Kier molecular flexibility index (Phi) is 4.92. The maximum absolute atomic E-state index is 10.7. The van der Waals surface area contributed by atoms with Crippen LogP contribution in [0.1, 0.15) is 21.0 Å². The van der Waals surface area contributed by atoms with Crippen molar-refractivity contribution in [2.75, 3.05) is 0 Å². The van der Waals surface area contributed by atoms with Crippen molar-refractivity contribution in [3.8, 4) is 17.3 Å². The summed E-state index contributed by atoms with van der Waals surface area (Å²) in [6, 6.07) is 16.4. The lowest BCUT2D eigenvalue weighted by molar-refractivity contribution is -0.384. The normalized spacial score (nSPS) is 11.2. The first-order chi connectivity index (χ1) is 12.5. The highest BCUT2D eigenvalue weighted by molar-refractivity contribution is 7.13. The molecule has 0 saturated heterocycles. The van der Waals surface area contributed by atoms with E-state index < -0.39 is 4.92 Å². The Morgan fingerprint density at radius 2 is 1.81 bits per heavy atom. The second-order valence-electron chi connectivity index (χ2n) is 5.81. The quantitative estimate of drug-likeness (QED) is 0.354. The third-order valence-corrected chi connectivity index (χ3v) is 4.89. The number of rotatable bonds is 4. The fraction of sp³-hybridized carbons (Fsp3) is 0.100. The first kappa shape index (κ1) is 17.5. The van der Waals surface area contributed by atoms with Crippen molar-refractivity contribution in [2.24, 2.45) is 0 Å². The third kappa shape index (κ3) is 3.68. The van der Waals surface area contributed by atoms with Crippen molar-refractivity contribution < 1.29 is 4.92 Å². The monoisotopic (exact) mass is 361 g/mol. The minimum absolute atomic E-state index is 0.0207. The van der Waals surface area contributed by atoms with Gasteiger partial charge < -0.3 is 0 Å². The number of nitriles is 1. The molecule has 3 aromatic rings. The van der Waals surface area contributed by atoms with E-state index in [9.17, 15) is 15.4 Å². The maximum atomic E-state index is 10.7. The van der Waals surface area contributed by atoms with Crippen LogP contribution in [0, 0.1) is 35.3 Å². The van der Waals surface area contributed by atoms with E-state index in [1.807, 2.05) is 38.1 Å². The molecule has 0 aliphatic rings. The van der Waals surface area contributed by atoms with Crippen LogP contribution >= 0.6 is 11.3 Å². The summed E-state index contributed by atoms with van der Waals surface area (Å²) in [7, 11) is 0. The van der Waals surface area contributed by atoms with Gasteiger partial charge in [0, 0.05) is 22.6 Å². The summed E-state index contributed by atoms with van der Waals surface area (Å²) in [5, 5.41) is 20.9. The number of benzene rings is 2. The standard InChI is InChI=1S/C20H15N3O2S/c1-13-3-7-16(8-4-13)19-14(2)26-20(22-19)17(12-21)11-15-5-9-18(10-6-15)23(24)25/h3-11H,1-2H3/b17-11+. The highest BCUT2D eigenvalue weighted by Crippen LogP contribution is 2.32. The Bertz CT molecular complexity index is 1030. The molecular formula is C20H15N3O2S. The second kappa shape index (κ2) is 7.30. The number of hydrogen-bond donors (Lipinski definition) is 0. The summed E-state index contributed by atoms with van der Waals surface area (Å²) in [4.78, 5) is 16.0. The van der Waals surface area contributed by atoms with Crippen LogP contribution in [0.15, 0.2) is 48.5 Å². The van der Waals surface area contributed by atoms with Crippen molar-refractivity contribution in [1.82, 2.24) is 4.98 Å². The number of nitrogens with zero attached hydrogens (tertiary/aromatic N) is 3. The molecular weight excluding hydrogens is 346 g/mol.